The van der Waals surface area contributed by atoms with E-state index >= 15 is 0 Å². The molecule has 4 nitrogen and oxygen atoms in total. The topological polar surface area (TPSA) is 29.2 Å². The Hall–Kier alpha value is -2.36. The Morgan fingerprint density at radius 3 is 2.81 bits per heavy atom. The number of aryl methyl sites for hydroxylation is 2. The molecule has 3 rings (SSSR count). The molecule has 0 unspecified atom stereocenters. The van der Waals surface area contributed by atoms with Gasteiger partial charge in [0.2, 0.25) is 5.88 Å². The zero-order valence-corrected chi connectivity index (χ0v) is 12.9. The summed E-state index contributed by atoms with van der Waals surface area (Å²) >= 11 is 0. The van der Waals surface area contributed by atoms with Crippen molar-refractivity contribution in [3.05, 3.63) is 53.4 Å². The van der Waals surface area contributed by atoms with Crippen molar-refractivity contribution in [1.82, 2.24) is 4.98 Å². The summed E-state index contributed by atoms with van der Waals surface area (Å²) in [6.45, 7) is 7.07. The maximum atomic E-state index is 5.98. The van der Waals surface area contributed by atoms with E-state index in [9.17, 15) is 0 Å². The van der Waals surface area contributed by atoms with Gasteiger partial charge in [0.05, 0.1) is 18.8 Å². The first-order chi connectivity index (χ1) is 10.1. The van der Waals surface area contributed by atoms with Crippen molar-refractivity contribution in [2.45, 2.75) is 20.8 Å². The van der Waals surface area contributed by atoms with Crippen LogP contribution in [0.3, 0.4) is 0 Å². The molecular weight excluding hydrogens is 262 g/mol. The molecular formula is C17H20N3O+. The minimum absolute atomic E-state index is 0.826. The summed E-state index contributed by atoms with van der Waals surface area (Å²) in [5.74, 6) is 2.62. The molecule has 0 fully saturated rings. The van der Waals surface area contributed by atoms with Gasteiger partial charge in [-0.3, -0.25) is 0 Å². The molecule has 1 aliphatic heterocycles. The summed E-state index contributed by atoms with van der Waals surface area (Å²) in [4.78, 5) is 6.77. The number of rotatable bonds is 2. The number of hydrogen-bond donors (Lipinski definition) is 0. The van der Waals surface area contributed by atoms with Gasteiger partial charge in [0.1, 0.15) is 5.69 Å². The standard InChI is InChI=1S/C17H20N3O/c1-5-20-14-8-6-7-9-15(14)21-17(20)11-16-18-12(2)10-13(3)19(16)4/h6-11H,5H2,1-4H3/q+1. The minimum Gasteiger partial charge on any atom is -0.438 e. The van der Waals surface area contributed by atoms with Gasteiger partial charge < -0.3 is 9.64 Å². The summed E-state index contributed by atoms with van der Waals surface area (Å²) in [5, 5.41) is 0. The number of hydrogen-bond acceptors (Lipinski definition) is 3. The molecule has 4 heteroatoms. The first-order valence-electron chi connectivity index (χ1n) is 7.20. The van der Waals surface area contributed by atoms with Gasteiger partial charge in [-0.25, -0.2) is 4.57 Å². The van der Waals surface area contributed by atoms with E-state index in [1.807, 2.05) is 38.2 Å². The van der Waals surface area contributed by atoms with Crippen LogP contribution >= 0.6 is 0 Å². The molecule has 0 saturated carbocycles. The third kappa shape index (κ3) is 2.37. The van der Waals surface area contributed by atoms with E-state index in [1.54, 1.807) is 0 Å². The first-order valence-corrected chi connectivity index (χ1v) is 7.20. The van der Waals surface area contributed by atoms with Crippen molar-refractivity contribution >= 4 is 11.8 Å². The number of nitrogens with zero attached hydrogens (tertiary/aromatic N) is 3. The Labute approximate surface area is 125 Å². The molecule has 2 heterocycles. The van der Waals surface area contributed by atoms with Gasteiger partial charge in [-0.05, 0) is 31.0 Å². The van der Waals surface area contributed by atoms with Crippen LogP contribution in [0.2, 0.25) is 0 Å². The van der Waals surface area contributed by atoms with Crippen molar-refractivity contribution in [3.63, 3.8) is 0 Å². The van der Waals surface area contributed by atoms with Gasteiger partial charge in [0, 0.05) is 19.5 Å². The van der Waals surface area contributed by atoms with Crippen LogP contribution in [0.25, 0.3) is 6.08 Å². The van der Waals surface area contributed by atoms with Crippen molar-refractivity contribution in [3.8, 4) is 5.75 Å². The lowest BCUT2D eigenvalue weighted by Crippen LogP contribution is -2.37. The van der Waals surface area contributed by atoms with Gasteiger partial charge in [-0.15, -0.1) is 0 Å². The van der Waals surface area contributed by atoms with Gasteiger partial charge in [-0.2, -0.15) is 0 Å². The summed E-state index contributed by atoms with van der Waals surface area (Å²) in [7, 11) is 2.02. The van der Waals surface area contributed by atoms with Crippen LogP contribution in [0.1, 0.15) is 24.1 Å². The van der Waals surface area contributed by atoms with Crippen molar-refractivity contribution < 1.29 is 9.30 Å². The Kier molecular flexibility index (Phi) is 3.37. The normalized spacial score (nSPS) is 15.2. The second kappa shape index (κ2) is 5.20. The third-order valence-corrected chi connectivity index (χ3v) is 3.79. The second-order valence-electron chi connectivity index (χ2n) is 5.25. The monoisotopic (exact) mass is 282 g/mol. The predicted molar refractivity (Wildman–Crippen MR) is 83.0 cm³/mol. The largest absolute Gasteiger partial charge is 0.438 e. The van der Waals surface area contributed by atoms with Gasteiger partial charge in [-0.1, -0.05) is 12.1 Å². The van der Waals surface area contributed by atoms with E-state index < -0.39 is 0 Å². The summed E-state index contributed by atoms with van der Waals surface area (Å²) < 4.78 is 8.05. The molecule has 0 N–H and O–H groups in total. The zero-order chi connectivity index (χ0) is 15.0. The van der Waals surface area contributed by atoms with Crippen LogP contribution < -0.4 is 14.2 Å². The van der Waals surface area contributed by atoms with Gasteiger partial charge in [0.25, 0.3) is 0 Å². The molecule has 0 bridgehead atoms. The molecule has 2 aromatic rings. The van der Waals surface area contributed by atoms with Crippen LogP contribution in [-0.2, 0) is 7.05 Å². The highest BCUT2D eigenvalue weighted by Gasteiger charge is 2.26. The molecule has 1 aromatic heterocycles. The molecule has 0 atom stereocenters. The molecule has 1 aliphatic rings. The van der Waals surface area contributed by atoms with Gasteiger partial charge in [0.15, 0.2) is 11.4 Å². The lowest BCUT2D eigenvalue weighted by atomic mass is 10.3. The molecule has 108 valence electrons. The van der Waals surface area contributed by atoms with E-state index in [2.05, 4.69) is 40.4 Å². The van der Waals surface area contributed by atoms with Crippen LogP contribution in [0, 0.1) is 13.8 Å². The van der Waals surface area contributed by atoms with E-state index in [0.717, 1.165) is 35.4 Å². The minimum atomic E-state index is 0.826. The fraction of sp³-hybridized carbons (Fsp3) is 0.294. The number of fused-ring (bicyclic) bond motifs is 1. The number of aromatic nitrogens is 2. The maximum Gasteiger partial charge on any atom is 0.328 e. The SMILES string of the molecule is CCN1C(=Cc2nc(C)cc(C)[n+]2C)Oc2ccccc21. The highest BCUT2D eigenvalue weighted by Crippen LogP contribution is 2.38. The second-order valence-corrected chi connectivity index (χ2v) is 5.25. The quantitative estimate of drug-likeness (QED) is 0.793. The number of para-hydroxylation sites is 2. The highest BCUT2D eigenvalue weighted by molar-refractivity contribution is 5.69. The molecule has 0 spiro atoms. The molecule has 0 radical (unpaired) electrons. The summed E-state index contributed by atoms with van der Waals surface area (Å²) in [6, 6.07) is 10.2. The zero-order valence-electron chi connectivity index (χ0n) is 12.9. The lowest BCUT2D eigenvalue weighted by molar-refractivity contribution is -0.682. The average molecular weight is 282 g/mol. The fourth-order valence-corrected chi connectivity index (χ4v) is 2.59. The molecule has 0 aliphatic carbocycles. The number of ether oxygens (including phenoxy) is 1. The summed E-state index contributed by atoms with van der Waals surface area (Å²) in [6.07, 6.45) is 2.00. The highest BCUT2D eigenvalue weighted by atomic mass is 16.5. The van der Waals surface area contributed by atoms with E-state index in [0.29, 0.717) is 0 Å². The van der Waals surface area contributed by atoms with Crippen molar-refractivity contribution in [2.24, 2.45) is 7.05 Å². The smallest absolute Gasteiger partial charge is 0.328 e. The van der Waals surface area contributed by atoms with Crippen molar-refractivity contribution in [2.75, 3.05) is 11.4 Å². The Morgan fingerprint density at radius 2 is 2.05 bits per heavy atom. The Bertz CT molecular complexity index is 722. The lowest BCUT2D eigenvalue weighted by Gasteiger charge is -2.14. The van der Waals surface area contributed by atoms with E-state index in [-0.39, 0.29) is 0 Å². The number of benzene rings is 1. The Morgan fingerprint density at radius 1 is 1.29 bits per heavy atom. The van der Waals surface area contributed by atoms with E-state index in [4.69, 9.17) is 4.74 Å². The molecule has 1 aromatic carbocycles. The van der Waals surface area contributed by atoms with Crippen LogP contribution in [0.4, 0.5) is 5.69 Å². The van der Waals surface area contributed by atoms with Crippen LogP contribution in [-0.4, -0.2) is 11.5 Å². The van der Waals surface area contributed by atoms with E-state index in [1.165, 1.54) is 5.69 Å². The van der Waals surface area contributed by atoms with Crippen molar-refractivity contribution in [1.29, 1.82) is 0 Å². The number of anilines is 1. The molecule has 0 saturated heterocycles. The third-order valence-electron chi connectivity index (χ3n) is 3.79. The molecule has 21 heavy (non-hydrogen) atoms. The summed E-state index contributed by atoms with van der Waals surface area (Å²) in [5.41, 5.74) is 3.29. The predicted octanol–water partition coefficient (Wildman–Crippen LogP) is 2.74. The molecule has 0 amide bonds. The first kappa shape index (κ1) is 13.6. The maximum absolute atomic E-state index is 5.98. The van der Waals surface area contributed by atoms with Crippen LogP contribution in [0.5, 0.6) is 5.75 Å². The fourth-order valence-electron chi connectivity index (χ4n) is 2.59. The van der Waals surface area contributed by atoms with Crippen LogP contribution in [0.15, 0.2) is 36.2 Å². The average Bonchev–Trinajstić information content (AvgIpc) is 2.81. The van der Waals surface area contributed by atoms with Gasteiger partial charge >= 0.3 is 5.82 Å². The Balaban J connectivity index is 2.06.